The first-order valence-corrected chi connectivity index (χ1v) is 10.4. The summed E-state index contributed by atoms with van der Waals surface area (Å²) in [5.41, 5.74) is 0.536. The molecule has 1 atom stereocenters. The molecule has 2 aliphatic rings. The molecule has 1 amide bonds. The number of ether oxygens (including phenoxy) is 2. The summed E-state index contributed by atoms with van der Waals surface area (Å²) in [6.07, 6.45) is -2.84. The second kappa shape index (κ2) is 8.45. The Labute approximate surface area is 176 Å². The van der Waals surface area contributed by atoms with Crippen molar-refractivity contribution >= 4 is 17.1 Å². The van der Waals surface area contributed by atoms with Crippen molar-refractivity contribution in [2.75, 3.05) is 32.8 Å². The van der Waals surface area contributed by atoms with Crippen LogP contribution >= 0.6 is 0 Å². The number of hydrogen-bond donors (Lipinski definition) is 1. The zero-order valence-electron chi connectivity index (χ0n) is 17.2. The van der Waals surface area contributed by atoms with Gasteiger partial charge in [-0.25, -0.2) is 9.59 Å². The number of likely N-dealkylation sites (tertiary alicyclic amines) is 2. The first-order valence-electron chi connectivity index (χ1n) is 10.4. The molecule has 2 aliphatic heterocycles. The fraction of sp³-hybridized carbons (Fsp3) is 0.600. The maximum absolute atomic E-state index is 12.6. The third-order valence-corrected chi connectivity index (χ3v) is 5.99. The molecule has 0 spiro atoms. The minimum Gasteiger partial charge on any atom is -0.450 e. The standard InChI is InChI=1S/C20H25F3N4O4/c1-2-30-19(29)26-10-7-14(12-26)25-8-5-13(6-9-25)27-17-11-15(31-20(21,22)23)3-4-16(17)24-18(27)28/h3-4,11,13-14H,2,5-10,12H2,1H3,(H,24,28)/t14-/m0/s1. The molecule has 4 rings (SSSR count). The smallest absolute Gasteiger partial charge is 0.450 e. The number of carbonyl (C=O) groups is 1. The van der Waals surface area contributed by atoms with Gasteiger partial charge in [0.1, 0.15) is 5.75 Å². The van der Waals surface area contributed by atoms with E-state index < -0.39 is 6.36 Å². The summed E-state index contributed by atoms with van der Waals surface area (Å²) in [6, 6.07) is 3.99. The van der Waals surface area contributed by atoms with Crippen molar-refractivity contribution in [2.45, 2.75) is 44.6 Å². The fourth-order valence-electron chi connectivity index (χ4n) is 4.59. The number of halogens is 3. The van der Waals surface area contributed by atoms with Crippen molar-refractivity contribution < 1.29 is 27.4 Å². The SMILES string of the molecule is CCOC(=O)N1CC[C@H](N2CCC(n3c(=O)[nH]c4ccc(OC(F)(F)F)cc43)CC2)C1. The zero-order valence-corrected chi connectivity index (χ0v) is 17.2. The number of fused-ring (bicyclic) bond motifs is 1. The minimum absolute atomic E-state index is 0.124. The quantitative estimate of drug-likeness (QED) is 0.787. The number of hydrogen-bond acceptors (Lipinski definition) is 5. The Morgan fingerprint density at radius 2 is 1.87 bits per heavy atom. The average molecular weight is 442 g/mol. The van der Waals surface area contributed by atoms with Gasteiger partial charge in [-0.2, -0.15) is 0 Å². The van der Waals surface area contributed by atoms with Crippen LogP contribution in [-0.4, -0.2) is 70.6 Å². The lowest BCUT2D eigenvalue weighted by molar-refractivity contribution is -0.274. The first kappa shape index (κ1) is 21.5. The second-order valence-electron chi connectivity index (χ2n) is 7.88. The molecule has 1 N–H and O–H groups in total. The van der Waals surface area contributed by atoms with Gasteiger partial charge in [-0.05, 0) is 38.3 Å². The van der Waals surface area contributed by atoms with Crippen molar-refractivity contribution in [1.82, 2.24) is 19.4 Å². The van der Waals surface area contributed by atoms with E-state index in [-0.39, 0.29) is 29.6 Å². The van der Waals surface area contributed by atoms with Gasteiger partial charge >= 0.3 is 18.1 Å². The highest BCUT2D eigenvalue weighted by Crippen LogP contribution is 2.30. The number of piperidine rings is 1. The predicted molar refractivity (Wildman–Crippen MR) is 106 cm³/mol. The van der Waals surface area contributed by atoms with E-state index in [0.29, 0.717) is 43.6 Å². The highest BCUT2D eigenvalue weighted by molar-refractivity contribution is 5.77. The summed E-state index contributed by atoms with van der Waals surface area (Å²) >= 11 is 0. The summed E-state index contributed by atoms with van der Waals surface area (Å²) in [7, 11) is 0. The molecular weight excluding hydrogens is 417 g/mol. The van der Waals surface area contributed by atoms with E-state index in [1.807, 2.05) is 0 Å². The molecule has 2 fully saturated rings. The molecule has 0 unspecified atom stereocenters. The van der Waals surface area contributed by atoms with Crippen LogP contribution in [0.5, 0.6) is 5.75 Å². The van der Waals surface area contributed by atoms with Crippen LogP contribution in [0.4, 0.5) is 18.0 Å². The summed E-state index contributed by atoms with van der Waals surface area (Å²) in [4.78, 5) is 31.2. The van der Waals surface area contributed by atoms with E-state index in [9.17, 15) is 22.8 Å². The van der Waals surface area contributed by atoms with Crippen LogP contribution in [0.3, 0.4) is 0 Å². The third kappa shape index (κ3) is 4.65. The lowest BCUT2D eigenvalue weighted by atomic mass is 10.0. The molecule has 0 radical (unpaired) electrons. The van der Waals surface area contributed by atoms with Crippen LogP contribution in [-0.2, 0) is 4.74 Å². The number of benzene rings is 1. The van der Waals surface area contributed by atoms with Crippen molar-refractivity contribution in [3.05, 3.63) is 28.7 Å². The maximum atomic E-state index is 12.6. The zero-order chi connectivity index (χ0) is 22.2. The highest BCUT2D eigenvalue weighted by Gasteiger charge is 2.34. The van der Waals surface area contributed by atoms with Crippen molar-refractivity contribution in [3.8, 4) is 5.75 Å². The molecule has 170 valence electrons. The molecule has 0 bridgehead atoms. The number of nitrogens with zero attached hydrogens (tertiary/aromatic N) is 3. The van der Waals surface area contributed by atoms with Crippen molar-refractivity contribution in [3.63, 3.8) is 0 Å². The summed E-state index contributed by atoms with van der Waals surface area (Å²) in [5.74, 6) is -0.352. The maximum Gasteiger partial charge on any atom is 0.573 e. The topological polar surface area (TPSA) is 79.8 Å². The van der Waals surface area contributed by atoms with Crippen molar-refractivity contribution in [1.29, 1.82) is 0 Å². The monoisotopic (exact) mass is 442 g/mol. The third-order valence-electron chi connectivity index (χ3n) is 5.99. The number of rotatable bonds is 4. The number of aromatic amines is 1. The number of nitrogens with one attached hydrogen (secondary N) is 1. The van der Waals surface area contributed by atoms with Gasteiger partial charge in [0.15, 0.2) is 0 Å². The average Bonchev–Trinajstić information content (AvgIpc) is 3.31. The van der Waals surface area contributed by atoms with Crippen LogP contribution in [0.1, 0.15) is 32.2 Å². The summed E-state index contributed by atoms with van der Waals surface area (Å²) < 4.78 is 48.3. The molecule has 2 aromatic rings. The minimum atomic E-state index is -4.79. The van der Waals surface area contributed by atoms with Crippen LogP contribution in [0, 0.1) is 0 Å². The number of amides is 1. The van der Waals surface area contributed by atoms with Gasteiger partial charge in [-0.15, -0.1) is 13.2 Å². The van der Waals surface area contributed by atoms with E-state index in [0.717, 1.165) is 19.5 Å². The lowest BCUT2D eigenvalue weighted by Crippen LogP contribution is -2.44. The van der Waals surface area contributed by atoms with Gasteiger partial charge in [-0.3, -0.25) is 9.47 Å². The highest BCUT2D eigenvalue weighted by atomic mass is 19.4. The number of alkyl halides is 3. The van der Waals surface area contributed by atoms with Gasteiger partial charge < -0.3 is 19.4 Å². The molecule has 8 nitrogen and oxygen atoms in total. The summed E-state index contributed by atoms with van der Waals surface area (Å²) in [5, 5.41) is 0. The number of H-pyrrole nitrogens is 1. The Hall–Kier alpha value is -2.69. The molecule has 0 aliphatic carbocycles. The summed E-state index contributed by atoms with van der Waals surface area (Å²) in [6.45, 7) is 4.89. The Morgan fingerprint density at radius 3 is 2.55 bits per heavy atom. The van der Waals surface area contributed by atoms with Crippen LogP contribution in [0.15, 0.2) is 23.0 Å². The molecule has 11 heteroatoms. The largest absolute Gasteiger partial charge is 0.573 e. The number of carbonyl (C=O) groups excluding carboxylic acids is 1. The van der Waals surface area contributed by atoms with E-state index in [1.165, 1.54) is 22.8 Å². The second-order valence-corrected chi connectivity index (χ2v) is 7.88. The van der Waals surface area contributed by atoms with E-state index in [2.05, 4.69) is 14.6 Å². The van der Waals surface area contributed by atoms with E-state index >= 15 is 0 Å². The van der Waals surface area contributed by atoms with Gasteiger partial charge in [0.2, 0.25) is 0 Å². The van der Waals surface area contributed by atoms with Crippen molar-refractivity contribution in [2.24, 2.45) is 0 Å². The Morgan fingerprint density at radius 1 is 1.16 bits per heavy atom. The van der Waals surface area contributed by atoms with Gasteiger partial charge in [0, 0.05) is 44.3 Å². The molecule has 1 aromatic heterocycles. The Kier molecular flexibility index (Phi) is 5.87. The number of aromatic nitrogens is 2. The molecule has 1 aromatic carbocycles. The molecule has 0 saturated carbocycles. The van der Waals surface area contributed by atoms with Gasteiger partial charge in [-0.1, -0.05) is 0 Å². The predicted octanol–water partition coefficient (Wildman–Crippen LogP) is 3.10. The Bertz CT molecular complexity index is 994. The van der Waals surface area contributed by atoms with Crippen LogP contribution in [0.25, 0.3) is 11.0 Å². The van der Waals surface area contributed by atoms with Crippen LogP contribution in [0.2, 0.25) is 0 Å². The fourth-order valence-corrected chi connectivity index (χ4v) is 4.59. The normalized spacial score (nSPS) is 21.0. The molecular formula is C20H25F3N4O4. The molecule has 2 saturated heterocycles. The Balaban J connectivity index is 1.44. The number of imidazole rings is 1. The molecule has 3 heterocycles. The van der Waals surface area contributed by atoms with Gasteiger partial charge in [0.05, 0.1) is 17.6 Å². The van der Waals surface area contributed by atoms with Gasteiger partial charge in [0.25, 0.3) is 0 Å². The molecule has 31 heavy (non-hydrogen) atoms. The van der Waals surface area contributed by atoms with E-state index in [1.54, 1.807) is 11.8 Å². The van der Waals surface area contributed by atoms with Crippen LogP contribution < -0.4 is 10.4 Å². The van der Waals surface area contributed by atoms with E-state index in [4.69, 9.17) is 4.74 Å². The first-order chi connectivity index (χ1) is 14.7. The lowest BCUT2D eigenvalue weighted by Gasteiger charge is -2.36.